The number of aryl methyl sites for hydroxylation is 1. The Labute approximate surface area is 214 Å². The number of hydrogen-bond acceptors (Lipinski definition) is 6. The van der Waals surface area contributed by atoms with E-state index in [2.05, 4.69) is 11.8 Å². The molecular weight excluding hydrogens is 479 g/mol. The first-order valence-electron chi connectivity index (χ1n) is 12.5. The summed E-state index contributed by atoms with van der Waals surface area (Å²) < 4.78 is 25.2. The lowest BCUT2D eigenvalue weighted by atomic mass is 9.97. The summed E-state index contributed by atoms with van der Waals surface area (Å²) in [6.45, 7) is 7.71. The fraction of sp³-hybridized carbons (Fsp3) is 0.393. The Morgan fingerprint density at radius 1 is 1.08 bits per heavy atom. The topological polar surface area (TPSA) is 100 Å². The smallest absolute Gasteiger partial charge is 0.300 e. The van der Waals surface area contributed by atoms with Gasteiger partial charge in [0.25, 0.3) is 11.9 Å². The van der Waals surface area contributed by atoms with Gasteiger partial charge in [-0.15, -0.1) is 0 Å². The average Bonchev–Trinajstić information content (AvgIpc) is 3.16. The Kier molecular flexibility index (Phi) is 8.35. The molecule has 2 aromatic carbocycles. The molecule has 8 nitrogen and oxygen atoms in total. The van der Waals surface area contributed by atoms with Crippen molar-refractivity contribution in [2.45, 2.75) is 32.7 Å². The number of morpholine rings is 1. The summed E-state index contributed by atoms with van der Waals surface area (Å²) in [7, 11) is 0. The molecule has 0 aliphatic carbocycles. The zero-order chi connectivity index (χ0) is 26.5. The van der Waals surface area contributed by atoms with Crippen molar-refractivity contribution in [3.63, 3.8) is 0 Å². The highest BCUT2D eigenvalue weighted by atomic mass is 19.1. The van der Waals surface area contributed by atoms with Crippen LogP contribution in [0.4, 0.5) is 4.39 Å². The fourth-order valence-electron chi connectivity index (χ4n) is 4.79. The van der Waals surface area contributed by atoms with E-state index in [1.807, 2.05) is 24.3 Å². The van der Waals surface area contributed by atoms with E-state index in [9.17, 15) is 14.0 Å². The van der Waals surface area contributed by atoms with Crippen LogP contribution in [0.1, 0.15) is 53.6 Å². The van der Waals surface area contributed by atoms with Crippen LogP contribution in [0.3, 0.4) is 0 Å². The molecule has 37 heavy (non-hydrogen) atoms. The number of hydrogen-bond donors (Lipinski definition) is 1. The van der Waals surface area contributed by atoms with E-state index in [0.29, 0.717) is 12.1 Å². The molecule has 0 radical (unpaired) electrons. The Hall–Kier alpha value is -3.56. The van der Waals surface area contributed by atoms with E-state index in [-0.39, 0.29) is 28.1 Å². The van der Waals surface area contributed by atoms with Gasteiger partial charge in [0.2, 0.25) is 5.76 Å². The van der Waals surface area contributed by atoms with Crippen LogP contribution < -0.4 is 5.43 Å². The van der Waals surface area contributed by atoms with Crippen molar-refractivity contribution in [2.75, 3.05) is 39.4 Å². The van der Waals surface area contributed by atoms with Crippen LogP contribution in [0, 0.1) is 5.82 Å². The first-order chi connectivity index (χ1) is 17.8. The number of halogens is 1. The van der Waals surface area contributed by atoms with Crippen LogP contribution in [0.15, 0.2) is 51.7 Å². The molecule has 1 N–H and O–H groups in total. The van der Waals surface area contributed by atoms with Gasteiger partial charge in [-0.1, -0.05) is 31.2 Å². The summed E-state index contributed by atoms with van der Waals surface area (Å²) in [6.07, 6.45) is 1.67. The van der Waals surface area contributed by atoms with Crippen molar-refractivity contribution in [3.8, 4) is 0 Å². The highest BCUT2D eigenvalue weighted by Gasteiger charge is 2.42. The number of rotatable bonds is 6. The summed E-state index contributed by atoms with van der Waals surface area (Å²) >= 11 is 0. The summed E-state index contributed by atoms with van der Waals surface area (Å²) in [6, 6.07) is 11.3. The monoisotopic (exact) mass is 510 g/mol. The van der Waals surface area contributed by atoms with Gasteiger partial charge in [0.05, 0.1) is 30.2 Å². The molecule has 1 saturated heterocycles. The fourth-order valence-corrected chi connectivity index (χ4v) is 4.79. The summed E-state index contributed by atoms with van der Waals surface area (Å²) in [5.74, 6) is -1.57. The molecule has 0 spiro atoms. The summed E-state index contributed by atoms with van der Waals surface area (Å²) in [5.41, 5.74) is 2.21. The van der Waals surface area contributed by atoms with Crippen molar-refractivity contribution in [1.82, 2.24) is 9.80 Å². The number of benzene rings is 2. The maximum Gasteiger partial charge on any atom is 0.300 e. The first-order valence-corrected chi connectivity index (χ1v) is 12.5. The molecule has 2 aliphatic heterocycles. The van der Waals surface area contributed by atoms with Gasteiger partial charge in [0, 0.05) is 33.1 Å². The zero-order valence-corrected chi connectivity index (χ0v) is 21.0. The lowest BCUT2D eigenvalue weighted by Crippen LogP contribution is -2.38. The van der Waals surface area contributed by atoms with E-state index in [4.69, 9.17) is 19.1 Å². The molecule has 2 aliphatic rings. The largest absolute Gasteiger partial charge is 0.481 e. The van der Waals surface area contributed by atoms with Gasteiger partial charge >= 0.3 is 0 Å². The van der Waals surface area contributed by atoms with Gasteiger partial charge in [-0.05, 0) is 42.2 Å². The Morgan fingerprint density at radius 3 is 2.41 bits per heavy atom. The maximum atomic E-state index is 13.9. The van der Waals surface area contributed by atoms with E-state index >= 15 is 0 Å². The van der Waals surface area contributed by atoms with Gasteiger partial charge < -0.3 is 19.2 Å². The Balaban J connectivity index is 0.000000747. The highest BCUT2D eigenvalue weighted by Crippen LogP contribution is 2.38. The van der Waals surface area contributed by atoms with Gasteiger partial charge in [-0.25, -0.2) is 4.39 Å². The third-order valence-corrected chi connectivity index (χ3v) is 6.61. The molecule has 0 saturated carbocycles. The van der Waals surface area contributed by atoms with Gasteiger partial charge in [-0.2, -0.15) is 0 Å². The predicted octanol–water partition coefficient (Wildman–Crippen LogP) is 3.85. The van der Waals surface area contributed by atoms with E-state index in [1.165, 1.54) is 23.8 Å². The van der Waals surface area contributed by atoms with Crippen molar-refractivity contribution < 1.29 is 28.2 Å². The van der Waals surface area contributed by atoms with Crippen LogP contribution in [-0.2, 0) is 16.0 Å². The van der Waals surface area contributed by atoms with Crippen molar-refractivity contribution >= 4 is 22.8 Å². The number of carbonyl (C=O) groups excluding carboxylic acids is 1. The Bertz CT molecular complexity index is 1330. The van der Waals surface area contributed by atoms with Gasteiger partial charge in [0.1, 0.15) is 11.4 Å². The van der Waals surface area contributed by atoms with Crippen LogP contribution in [-0.4, -0.2) is 66.2 Å². The Morgan fingerprint density at radius 2 is 1.76 bits per heavy atom. The summed E-state index contributed by atoms with van der Waals surface area (Å²) in [4.78, 5) is 39.9. The van der Waals surface area contributed by atoms with Crippen LogP contribution in [0.25, 0.3) is 11.0 Å². The molecule has 1 amide bonds. The third kappa shape index (κ3) is 5.89. The van der Waals surface area contributed by atoms with Gasteiger partial charge in [-0.3, -0.25) is 19.3 Å². The van der Waals surface area contributed by atoms with Crippen LogP contribution in [0.5, 0.6) is 0 Å². The molecular formula is C28H31FN2O6. The number of carboxylic acids is 1. The predicted molar refractivity (Wildman–Crippen MR) is 136 cm³/mol. The average molecular weight is 511 g/mol. The standard InChI is InChI=1S/C26H27FN2O4.C2H4O2/c1-2-17-4-6-18(7-5-17)23-22-24(30)20-16-19(27)8-9-21(20)33-25(22)26(31)29(23)11-3-10-28-12-14-32-15-13-28;1-2(3)4/h4-9,16,23H,2-3,10-15H2,1H3;1H3,(H,3,4). The number of fused-ring (bicyclic) bond motifs is 2. The molecule has 196 valence electrons. The second-order valence-corrected chi connectivity index (χ2v) is 9.14. The second-order valence-electron chi connectivity index (χ2n) is 9.14. The van der Waals surface area contributed by atoms with Crippen molar-refractivity contribution in [3.05, 3.63) is 81.0 Å². The molecule has 3 aromatic rings. The van der Waals surface area contributed by atoms with E-state index in [0.717, 1.165) is 58.2 Å². The van der Waals surface area contributed by atoms with Crippen LogP contribution in [0.2, 0.25) is 0 Å². The SMILES string of the molecule is CC(=O)O.CCc1ccc(C2c3c(oc4ccc(F)cc4c3=O)C(=O)N2CCCN2CCOCC2)cc1. The zero-order valence-electron chi connectivity index (χ0n) is 21.0. The number of carbonyl (C=O) groups is 2. The molecule has 1 fully saturated rings. The molecule has 1 unspecified atom stereocenters. The minimum Gasteiger partial charge on any atom is -0.481 e. The van der Waals surface area contributed by atoms with E-state index in [1.54, 1.807) is 4.90 Å². The quantitative estimate of drug-likeness (QED) is 0.538. The highest BCUT2D eigenvalue weighted by molar-refractivity contribution is 5.99. The minimum atomic E-state index is -0.833. The minimum absolute atomic E-state index is 0.0649. The second kappa shape index (κ2) is 11.7. The number of nitrogens with zero attached hydrogens (tertiary/aromatic N) is 2. The third-order valence-electron chi connectivity index (χ3n) is 6.61. The van der Waals surface area contributed by atoms with Crippen LogP contribution >= 0.6 is 0 Å². The van der Waals surface area contributed by atoms with Crippen molar-refractivity contribution in [1.29, 1.82) is 0 Å². The first kappa shape index (κ1) is 26.5. The molecule has 0 bridgehead atoms. The number of aliphatic carboxylic acids is 1. The van der Waals surface area contributed by atoms with Gasteiger partial charge in [0.15, 0.2) is 5.43 Å². The number of amides is 1. The van der Waals surface area contributed by atoms with Crippen molar-refractivity contribution in [2.24, 2.45) is 0 Å². The molecule has 1 aromatic heterocycles. The maximum absolute atomic E-state index is 13.9. The lowest BCUT2D eigenvalue weighted by molar-refractivity contribution is -0.134. The number of carboxylic acid groups (broad SMARTS) is 1. The molecule has 3 heterocycles. The number of ether oxygens (including phenoxy) is 1. The summed E-state index contributed by atoms with van der Waals surface area (Å²) in [5, 5.41) is 7.58. The lowest BCUT2D eigenvalue weighted by Gasteiger charge is -2.29. The molecule has 1 atom stereocenters. The molecule has 9 heteroatoms. The van der Waals surface area contributed by atoms with E-state index < -0.39 is 17.8 Å². The normalized spacial score (nSPS) is 17.4. The molecule has 5 rings (SSSR count).